The van der Waals surface area contributed by atoms with Crippen LogP contribution in [-0.4, -0.2) is 78.8 Å². The number of carbonyl (C=O) groups excluding carboxylic acids is 1. The maximum Gasteiger partial charge on any atom is 0.434 e. The number of morpholine rings is 1. The van der Waals surface area contributed by atoms with E-state index in [1.165, 1.54) is 10.8 Å². The van der Waals surface area contributed by atoms with Gasteiger partial charge in [0.05, 0.1) is 37.4 Å². The van der Waals surface area contributed by atoms with Crippen LogP contribution in [0.15, 0.2) is 43.0 Å². The van der Waals surface area contributed by atoms with Crippen LogP contribution in [0.25, 0.3) is 10.9 Å². The van der Waals surface area contributed by atoms with Gasteiger partial charge in [-0.2, -0.15) is 4.98 Å². The molecule has 1 amide bonds. The van der Waals surface area contributed by atoms with Gasteiger partial charge in [0, 0.05) is 37.6 Å². The van der Waals surface area contributed by atoms with E-state index in [0.29, 0.717) is 54.5 Å². The summed E-state index contributed by atoms with van der Waals surface area (Å²) in [6, 6.07) is 5.43. The Morgan fingerprint density at radius 1 is 1.09 bits per heavy atom. The molecule has 0 spiro atoms. The van der Waals surface area contributed by atoms with Crippen molar-refractivity contribution in [2.45, 2.75) is 44.4 Å². The van der Waals surface area contributed by atoms with E-state index in [4.69, 9.17) is 19.2 Å². The fraction of sp³-hybridized carbons (Fsp3) is 0.429. The highest BCUT2D eigenvalue weighted by Gasteiger charge is 2.26. The first-order chi connectivity index (χ1) is 20.9. The van der Waals surface area contributed by atoms with Gasteiger partial charge in [-0.05, 0) is 42.7 Å². The quantitative estimate of drug-likeness (QED) is 0.224. The Hall–Kier alpha value is -4.92. The van der Waals surface area contributed by atoms with Crippen LogP contribution in [0.1, 0.15) is 42.0 Å². The molecule has 15 nitrogen and oxygen atoms in total. The van der Waals surface area contributed by atoms with Crippen LogP contribution < -0.4 is 19.7 Å². The summed E-state index contributed by atoms with van der Waals surface area (Å²) in [4.78, 5) is 46.7. The van der Waals surface area contributed by atoms with Gasteiger partial charge in [-0.25, -0.2) is 14.5 Å². The summed E-state index contributed by atoms with van der Waals surface area (Å²) in [6.07, 6.45) is 8.98. The number of ether oxygens (including phenoxy) is 3. The largest absolute Gasteiger partial charge is 0.484 e. The number of fused-ring (bicyclic) bond motifs is 1. The van der Waals surface area contributed by atoms with Crippen molar-refractivity contribution < 1.29 is 23.9 Å². The minimum Gasteiger partial charge on any atom is -0.484 e. The third-order valence-electron chi connectivity index (χ3n) is 7.61. The third kappa shape index (κ3) is 6.45. The monoisotopic (exact) mass is 589 g/mol. The van der Waals surface area contributed by atoms with Gasteiger partial charge in [-0.1, -0.05) is 4.98 Å². The molecule has 224 valence electrons. The molecular weight excluding hydrogens is 558 g/mol. The Bertz CT molecular complexity index is 1600. The Morgan fingerprint density at radius 3 is 2.58 bits per heavy atom. The number of aromatic nitrogens is 6. The van der Waals surface area contributed by atoms with Crippen LogP contribution in [0, 0.1) is 10.1 Å². The van der Waals surface area contributed by atoms with Crippen molar-refractivity contribution >= 4 is 28.6 Å². The summed E-state index contributed by atoms with van der Waals surface area (Å²) >= 11 is 0. The maximum atomic E-state index is 12.5. The van der Waals surface area contributed by atoms with Gasteiger partial charge in [0.2, 0.25) is 11.7 Å². The third-order valence-corrected chi connectivity index (χ3v) is 7.61. The van der Waals surface area contributed by atoms with E-state index >= 15 is 0 Å². The number of anilines is 1. The molecular formula is C28H31N9O6. The van der Waals surface area contributed by atoms with Crippen molar-refractivity contribution in [1.82, 2.24) is 34.8 Å². The van der Waals surface area contributed by atoms with Gasteiger partial charge in [-0.3, -0.25) is 9.78 Å². The molecule has 0 atom stereocenters. The van der Waals surface area contributed by atoms with E-state index in [-0.39, 0.29) is 36.4 Å². The van der Waals surface area contributed by atoms with Gasteiger partial charge < -0.3 is 34.5 Å². The van der Waals surface area contributed by atoms with Crippen LogP contribution in [0.4, 0.5) is 11.8 Å². The first-order valence-corrected chi connectivity index (χ1v) is 14.1. The lowest BCUT2D eigenvalue weighted by molar-refractivity contribution is -0.396. The van der Waals surface area contributed by atoms with Gasteiger partial charge in [0.25, 0.3) is 5.91 Å². The van der Waals surface area contributed by atoms with Gasteiger partial charge in [0.1, 0.15) is 30.5 Å². The average molecular weight is 590 g/mol. The lowest BCUT2D eigenvalue weighted by atomic mass is 9.93. The Kier molecular flexibility index (Phi) is 8.22. The molecule has 43 heavy (non-hydrogen) atoms. The summed E-state index contributed by atoms with van der Waals surface area (Å²) in [7, 11) is 1.57. The smallest absolute Gasteiger partial charge is 0.434 e. The maximum absolute atomic E-state index is 12.5. The fourth-order valence-electron chi connectivity index (χ4n) is 5.23. The van der Waals surface area contributed by atoms with E-state index in [1.54, 1.807) is 31.7 Å². The molecule has 0 bridgehead atoms. The number of hydrogen-bond donors (Lipinski definition) is 1. The highest BCUT2D eigenvalue weighted by molar-refractivity contribution is 5.90. The van der Waals surface area contributed by atoms with E-state index in [1.807, 2.05) is 12.1 Å². The number of pyridine rings is 2. The second-order valence-corrected chi connectivity index (χ2v) is 10.4. The van der Waals surface area contributed by atoms with Crippen LogP contribution in [0.2, 0.25) is 0 Å². The number of imidazole rings is 1. The number of carbonyl (C=O) groups is 1. The molecule has 1 saturated carbocycles. The number of rotatable bonds is 9. The fourth-order valence-corrected chi connectivity index (χ4v) is 5.23. The van der Waals surface area contributed by atoms with Crippen molar-refractivity contribution in [1.29, 1.82) is 0 Å². The molecule has 0 unspecified atom stereocenters. The number of nitrogens with zero attached hydrogens (tertiary/aromatic N) is 8. The molecule has 1 N–H and O–H groups in total. The Balaban J connectivity index is 1.18. The van der Waals surface area contributed by atoms with Crippen molar-refractivity contribution in [3.8, 4) is 11.6 Å². The standard InChI is InChI=1S/C28H31N9O6/c1-35-19(15-32-28(35)37(39)40)17-42-21-13-22-23(31-16-21)14-24(36-9-11-41-12-10-36)34-27(22)43-20-5-3-18(4-6-20)33-26(38)25-29-7-2-8-30-25/h2,7-8,13-16,18,20H,3-6,9-12,17H2,1H3,(H,33,38). The molecule has 2 aliphatic rings. The molecule has 4 aromatic heterocycles. The Labute approximate surface area is 246 Å². The summed E-state index contributed by atoms with van der Waals surface area (Å²) < 4.78 is 19.4. The molecule has 0 aromatic carbocycles. The van der Waals surface area contributed by atoms with E-state index < -0.39 is 4.92 Å². The van der Waals surface area contributed by atoms with Gasteiger partial charge in [0.15, 0.2) is 5.69 Å². The number of hydrogen-bond acceptors (Lipinski definition) is 12. The van der Waals surface area contributed by atoms with Crippen molar-refractivity contribution in [2.75, 3.05) is 31.2 Å². The molecule has 4 aromatic rings. The zero-order valence-corrected chi connectivity index (χ0v) is 23.6. The first-order valence-electron chi connectivity index (χ1n) is 14.1. The molecule has 0 radical (unpaired) electrons. The SMILES string of the molecule is Cn1c(COc2cnc3cc(N4CCOCC4)nc(OC4CCC(NC(=O)c5ncccn5)CC4)c3c2)cnc1[N+](=O)[O-]. The zero-order valence-electron chi connectivity index (χ0n) is 23.6. The molecule has 1 saturated heterocycles. The van der Waals surface area contributed by atoms with E-state index in [9.17, 15) is 14.9 Å². The molecule has 1 aliphatic carbocycles. The topological polar surface area (TPSA) is 173 Å². The number of amides is 1. The molecule has 5 heterocycles. The molecule has 15 heteroatoms. The lowest BCUT2D eigenvalue weighted by Crippen LogP contribution is -2.40. The van der Waals surface area contributed by atoms with Crippen molar-refractivity contribution in [3.05, 3.63) is 64.6 Å². The Morgan fingerprint density at radius 2 is 1.86 bits per heavy atom. The van der Waals surface area contributed by atoms with Gasteiger partial charge in [-0.15, -0.1) is 0 Å². The normalized spacial score (nSPS) is 18.8. The van der Waals surface area contributed by atoms with Crippen molar-refractivity contribution in [2.24, 2.45) is 7.05 Å². The first kappa shape index (κ1) is 28.2. The second kappa shape index (κ2) is 12.5. The summed E-state index contributed by atoms with van der Waals surface area (Å²) in [6.45, 7) is 2.74. The van der Waals surface area contributed by atoms with E-state index in [2.05, 4.69) is 30.2 Å². The van der Waals surface area contributed by atoms with Crippen LogP contribution in [-0.2, 0) is 18.4 Å². The number of nitro groups is 1. The lowest BCUT2D eigenvalue weighted by Gasteiger charge is -2.31. The summed E-state index contributed by atoms with van der Waals surface area (Å²) in [5.41, 5.74) is 1.26. The summed E-state index contributed by atoms with van der Waals surface area (Å²) in [5.74, 6) is 1.31. The predicted molar refractivity (Wildman–Crippen MR) is 153 cm³/mol. The predicted octanol–water partition coefficient (Wildman–Crippen LogP) is 2.60. The van der Waals surface area contributed by atoms with Crippen LogP contribution in [0.3, 0.4) is 0 Å². The van der Waals surface area contributed by atoms with Crippen LogP contribution >= 0.6 is 0 Å². The molecule has 6 rings (SSSR count). The molecule has 2 fully saturated rings. The van der Waals surface area contributed by atoms with Gasteiger partial charge >= 0.3 is 5.95 Å². The second-order valence-electron chi connectivity index (χ2n) is 10.4. The highest BCUT2D eigenvalue weighted by Crippen LogP contribution is 2.33. The minimum absolute atomic E-state index is 0.00467. The van der Waals surface area contributed by atoms with Crippen molar-refractivity contribution in [3.63, 3.8) is 0 Å². The minimum atomic E-state index is -0.540. The highest BCUT2D eigenvalue weighted by atomic mass is 16.6. The summed E-state index contributed by atoms with van der Waals surface area (Å²) in [5, 5.41) is 14.9. The molecule has 1 aliphatic heterocycles. The van der Waals surface area contributed by atoms with Crippen LogP contribution in [0.5, 0.6) is 11.6 Å². The number of nitrogens with one attached hydrogen (secondary N) is 1. The van der Waals surface area contributed by atoms with E-state index in [0.717, 1.165) is 31.5 Å². The zero-order chi connectivity index (χ0) is 29.8. The average Bonchev–Trinajstić information content (AvgIpc) is 3.42.